The number of aryl methyl sites for hydroxylation is 1. The fraction of sp³-hybridized carbons (Fsp3) is 0.400. The van der Waals surface area contributed by atoms with E-state index < -0.39 is 18.2 Å². The van der Waals surface area contributed by atoms with Crippen LogP contribution < -0.4 is 19.5 Å². The molecule has 0 bridgehead atoms. The monoisotopic (exact) mass is 386 g/mol. The molecule has 8 heteroatoms. The van der Waals surface area contributed by atoms with Gasteiger partial charge < -0.3 is 29.7 Å². The van der Waals surface area contributed by atoms with Crippen LogP contribution in [-0.4, -0.2) is 52.8 Å². The number of rotatable bonds is 5. The number of carbonyl (C=O) groups excluding carboxylic acids is 1. The Bertz CT molecular complexity index is 874. The van der Waals surface area contributed by atoms with E-state index in [9.17, 15) is 15.0 Å². The van der Waals surface area contributed by atoms with Gasteiger partial charge in [-0.3, -0.25) is 4.79 Å². The van der Waals surface area contributed by atoms with Gasteiger partial charge in [0.05, 0.1) is 18.8 Å². The van der Waals surface area contributed by atoms with Gasteiger partial charge in [0.25, 0.3) is 5.91 Å². The zero-order chi connectivity index (χ0) is 19.7. The van der Waals surface area contributed by atoms with Gasteiger partial charge in [-0.05, 0) is 37.6 Å². The Kier molecular flexibility index (Phi) is 5.06. The SMILES string of the molecule is Cc1cccc(OC[C@H]2C[C@@H](NC(=O)c3ccc4c(c3)OCO4)[C@H](O)[C@@H]2O)n1. The number of fused-ring (bicyclic) bond motifs is 1. The predicted octanol–water partition coefficient (Wildman–Crippen LogP) is 1.04. The molecule has 28 heavy (non-hydrogen) atoms. The second-order valence-electron chi connectivity index (χ2n) is 7.05. The summed E-state index contributed by atoms with van der Waals surface area (Å²) < 4.78 is 16.2. The lowest BCUT2D eigenvalue weighted by molar-refractivity contribution is 0.00217. The van der Waals surface area contributed by atoms with Crippen LogP contribution >= 0.6 is 0 Å². The zero-order valence-corrected chi connectivity index (χ0v) is 15.4. The van der Waals surface area contributed by atoms with Gasteiger partial charge in [-0.25, -0.2) is 4.98 Å². The highest BCUT2D eigenvalue weighted by molar-refractivity contribution is 5.95. The van der Waals surface area contributed by atoms with E-state index in [2.05, 4.69) is 10.3 Å². The first-order valence-electron chi connectivity index (χ1n) is 9.14. The summed E-state index contributed by atoms with van der Waals surface area (Å²) in [7, 11) is 0. The molecule has 0 spiro atoms. The normalized spacial score (nSPS) is 25.5. The van der Waals surface area contributed by atoms with Gasteiger partial charge in [-0.2, -0.15) is 0 Å². The summed E-state index contributed by atoms with van der Waals surface area (Å²) in [5.74, 6) is 0.900. The maximum absolute atomic E-state index is 12.5. The third-order valence-corrected chi connectivity index (χ3v) is 5.06. The van der Waals surface area contributed by atoms with Crippen molar-refractivity contribution in [1.29, 1.82) is 0 Å². The molecule has 1 aliphatic heterocycles. The van der Waals surface area contributed by atoms with Crippen molar-refractivity contribution in [3.8, 4) is 17.4 Å². The van der Waals surface area contributed by atoms with Gasteiger partial charge in [-0.1, -0.05) is 6.07 Å². The highest BCUT2D eigenvalue weighted by Gasteiger charge is 2.42. The number of aliphatic hydroxyl groups is 2. The maximum Gasteiger partial charge on any atom is 0.251 e. The molecule has 1 aromatic carbocycles. The first kappa shape index (κ1) is 18.5. The first-order chi connectivity index (χ1) is 13.5. The van der Waals surface area contributed by atoms with Crippen LogP contribution in [0.5, 0.6) is 17.4 Å². The van der Waals surface area contributed by atoms with Gasteiger partial charge in [-0.15, -0.1) is 0 Å². The number of nitrogens with zero attached hydrogens (tertiary/aromatic N) is 1. The van der Waals surface area contributed by atoms with E-state index in [4.69, 9.17) is 14.2 Å². The summed E-state index contributed by atoms with van der Waals surface area (Å²) >= 11 is 0. The van der Waals surface area contributed by atoms with Crippen LogP contribution in [0.25, 0.3) is 0 Å². The van der Waals surface area contributed by atoms with Crippen LogP contribution in [0.3, 0.4) is 0 Å². The molecule has 0 saturated heterocycles. The summed E-state index contributed by atoms with van der Waals surface area (Å²) in [4.78, 5) is 16.8. The van der Waals surface area contributed by atoms with Crippen molar-refractivity contribution < 1.29 is 29.2 Å². The van der Waals surface area contributed by atoms with Gasteiger partial charge >= 0.3 is 0 Å². The van der Waals surface area contributed by atoms with E-state index in [1.165, 1.54) is 0 Å². The standard InChI is InChI=1S/C20H22N2O6/c1-11-3-2-4-17(21-11)26-9-13-7-14(19(24)18(13)23)22-20(25)12-5-6-15-16(8-12)28-10-27-15/h2-6,8,13-14,18-19,23-24H,7,9-10H2,1H3,(H,22,25)/t13-,14-,18-,19+/m1/s1. The lowest BCUT2D eigenvalue weighted by Crippen LogP contribution is -2.43. The molecule has 1 saturated carbocycles. The number of amides is 1. The highest BCUT2D eigenvalue weighted by atomic mass is 16.7. The summed E-state index contributed by atoms with van der Waals surface area (Å²) in [6.07, 6.45) is -1.67. The molecule has 4 atom stereocenters. The quantitative estimate of drug-likeness (QED) is 0.704. The summed E-state index contributed by atoms with van der Waals surface area (Å²) in [5.41, 5.74) is 1.23. The molecular formula is C20H22N2O6. The van der Waals surface area contributed by atoms with E-state index in [1.54, 1.807) is 24.3 Å². The third kappa shape index (κ3) is 3.74. The Morgan fingerprint density at radius 3 is 2.86 bits per heavy atom. The third-order valence-electron chi connectivity index (χ3n) is 5.06. The number of carbonyl (C=O) groups is 1. The molecule has 1 fully saturated rings. The van der Waals surface area contributed by atoms with Crippen LogP contribution in [0.4, 0.5) is 0 Å². The minimum atomic E-state index is -1.07. The Labute approximate surface area is 162 Å². The second-order valence-corrected chi connectivity index (χ2v) is 7.05. The molecule has 4 rings (SSSR count). The molecule has 0 radical (unpaired) electrons. The fourth-order valence-corrected chi connectivity index (χ4v) is 3.51. The average Bonchev–Trinajstić information content (AvgIpc) is 3.26. The van der Waals surface area contributed by atoms with E-state index >= 15 is 0 Å². The van der Waals surface area contributed by atoms with Crippen molar-refractivity contribution in [2.75, 3.05) is 13.4 Å². The number of aromatic nitrogens is 1. The van der Waals surface area contributed by atoms with Gasteiger partial charge in [0.15, 0.2) is 11.5 Å². The van der Waals surface area contributed by atoms with Crippen LogP contribution in [0, 0.1) is 12.8 Å². The molecule has 3 N–H and O–H groups in total. The molecule has 1 aliphatic carbocycles. The number of nitrogens with one attached hydrogen (secondary N) is 1. The Hall–Kier alpha value is -2.84. The second kappa shape index (κ2) is 7.65. The molecule has 8 nitrogen and oxygen atoms in total. The average molecular weight is 386 g/mol. The molecule has 0 unspecified atom stereocenters. The molecular weight excluding hydrogens is 364 g/mol. The van der Waals surface area contributed by atoms with Crippen molar-refractivity contribution >= 4 is 5.91 Å². The first-order valence-corrected chi connectivity index (χ1v) is 9.14. The van der Waals surface area contributed by atoms with E-state index in [0.717, 1.165) is 5.69 Å². The number of aliphatic hydroxyl groups excluding tert-OH is 2. The summed E-state index contributed by atoms with van der Waals surface area (Å²) in [6, 6.07) is 9.76. The molecule has 2 aromatic rings. The summed E-state index contributed by atoms with van der Waals surface area (Å²) in [6.45, 7) is 2.19. The Morgan fingerprint density at radius 1 is 1.21 bits per heavy atom. The smallest absolute Gasteiger partial charge is 0.251 e. The van der Waals surface area contributed by atoms with Crippen molar-refractivity contribution in [2.24, 2.45) is 5.92 Å². The summed E-state index contributed by atoms with van der Waals surface area (Å²) in [5, 5.41) is 23.5. The Balaban J connectivity index is 1.36. The molecule has 2 aliphatic rings. The topological polar surface area (TPSA) is 110 Å². The Morgan fingerprint density at radius 2 is 2.04 bits per heavy atom. The van der Waals surface area contributed by atoms with E-state index in [0.29, 0.717) is 29.4 Å². The zero-order valence-electron chi connectivity index (χ0n) is 15.4. The van der Waals surface area contributed by atoms with Gasteiger partial charge in [0.1, 0.15) is 6.10 Å². The van der Waals surface area contributed by atoms with Crippen LogP contribution in [0.1, 0.15) is 22.5 Å². The lowest BCUT2D eigenvalue weighted by Gasteiger charge is -2.18. The number of hydrogen-bond acceptors (Lipinski definition) is 7. The molecule has 1 aromatic heterocycles. The van der Waals surface area contributed by atoms with Crippen molar-refractivity contribution in [3.05, 3.63) is 47.7 Å². The van der Waals surface area contributed by atoms with Gasteiger partial charge in [0.2, 0.25) is 12.7 Å². The van der Waals surface area contributed by atoms with Gasteiger partial charge in [0, 0.05) is 23.2 Å². The number of hydrogen-bond donors (Lipinski definition) is 3. The van der Waals surface area contributed by atoms with Crippen molar-refractivity contribution in [3.63, 3.8) is 0 Å². The van der Waals surface area contributed by atoms with Crippen molar-refractivity contribution in [1.82, 2.24) is 10.3 Å². The van der Waals surface area contributed by atoms with Crippen LogP contribution in [0.15, 0.2) is 36.4 Å². The van der Waals surface area contributed by atoms with Crippen molar-refractivity contribution in [2.45, 2.75) is 31.6 Å². The molecule has 2 heterocycles. The van der Waals surface area contributed by atoms with E-state index in [-0.39, 0.29) is 25.2 Å². The molecule has 148 valence electrons. The lowest BCUT2D eigenvalue weighted by atomic mass is 10.1. The minimum absolute atomic E-state index is 0.130. The number of benzene rings is 1. The minimum Gasteiger partial charge on any atom is -0.477 e. The number of pyridine rings is 1. The maximum atomic E-state index is 12.5. The fourth-order valence-electron chi connectivity index (χ4n) is 3.51. The highest BCUT2D eigenvalue weighted by Crippen LogP contribution is 2.33. The van der Waals surface area contributed by atoms with Crippen LogP contribution in [-0.2, 0) is 0 Å². The van der Waals surface area contributed by atoms with Crippen LogP contribution in [0.2, 0.25) is 0 Å². The predicted molar refractivity (Wildman–Crippen MR) is 98.4 cm³/mol. The molecule has 1 amide bonds. The van der Waals surface area contributed by atoms with E-state index in [1.807, 2.05) is 19.1 Å². The largest absolute Gasteiger partial charge is 0.477 e. The number of ether oxygens (including phenoxy) is 3.